The highest BCUT2D eigenvalue weighted by molar-refractivity contribution is 4.99. The van der Waals surface area contributed by atoms with E-state index >= 15 is 0 Å². The van der Waals surface area contributed by atoms with Crippen LogP contribution in [0.2, 0.25) is 0 Å². The Morgan fingerprint density at radius 3 is 2.67 bits per heavy atom. The van der Waals surface area contributed by atoms with Gasteiger partial charge in [0, 0.05) is 12.5 Å². The van der Waals surface area contributed by atoms with Crippen LogP contribution in [0, 0.1) is 16.0 Å². The average molecular weight is 213 g/mol. The molecule has 1 fully saturated rings. The molecule has 0 bridgehead atoms. The topological polar surface area (TPSA) is 52.4 Å². The van der Waals surface area contributed by atoms with E-state index in [-0.39, 0.29) is 17.1 Å². The van der Waals surface area contributed by atoms with Gasteiger partial charge in [-0.1, -0.05) is 13.8 Å². The first-order chi connectivity index (χ1) is 6.99. The molecular formula is C11H19NO3. The lowest BCUT2D eigenvalue weighted by Crippen LogP contribution is -2.10. The van der Waals surface area contributed by atoms with Crippen LogP contribution >= 0.6 is 0 Å². The summed E-state index contributed by atoms with van der Waals surface area (Å²) in [4.78, 5) is 10.5. The standard InChI is InChI=1S/C11H19NO3/c1-8(2)6-10(12(13)14)7-11-5-4-9(3)15-11/h7-9,11H,4-6H2,1-3H3. The summed E-state index contributed by atoms with van der Waals surface area (Å²) in [5, 5.41) is 10.8. The Balaban J connectivity index is 2.62. The lowest BCUT2D eigenvalue weighted by molar-refractivity contribution is -0.429. The fourth-order valence-corrected chi connectivity index (χ4v) is 1.79. The van der Waals surface area contributed by atoms with E-state index in [0.717, 1.165) is 12.8 Å². The van der Waals surface area contributed by atoms with Crippen molar-refractivity contribution in [1.82, 2.24) is 0 Å². The van der Waals surface area contributed by atoms with Gasteiger partial charge in [0.15, 0.2) is 0 Å². The minimum absolute atomic E-state index is 0.0563. The molecule has 1 aliphatic rings. The van der Waals surface area contributed by atoms with Crippen molar-refractivity contribution in [2.24, 2.45) is 5.92 Å². The highest BCUT2D eigenvalue weighted by Gasteiger charge is 2.23. The summed E-state index contributed by atoms with van der Waals surface area (Å²) in [6, 6.07) is 0. The smallest absolute Gasteiger partial charge is 0.245 e. The lowest BCUT2D eigenvalue weighted by Gasteiger charge is -2.07. The van der Waals surface area contributed by atoms with Gasteiger partial charge >= 0.3 is 0 Å². The van der Waals surface area contributed by atoms with Crippen molar-refractivity contribution >= 4 is 0 Å². The Morgan fingerprint density at radius 2 is 2.27 bits per heavy atom. The second-order valence-corrected chi connectivity index (χ2v) is 4.58. The Labute approximate surface area is 90.5 Å². The van der Waals surface area contributed by atoms with E-state index < -0.39 is 0 Å². The average Bonchev–Trinajstić information content (AvgIpc) is 2.49. The number of rotatable bonds is 4. The second-order valence-electron chi connectivity index (χ2n) is 4.58. The molecule has 0 N–H and O–H groups in total. The maximum absolute atomic E-state index is 10.8. The molecule has 1 heterocycles. The molecule has 0 spiro atoms. The van der Waals surface area contributed by atoms with E-state index in [0.29, 0.717) is 18.0 Å². The maximum Gasteiger partial charge on any atom is 0.245 e. The van der Waals surface area contributed by atoms with E-state index in [1.807, 2.05) is 20.8 Å². The summed E-state index contributed by atoms with van der Waals surface area (Å²) in [6.07, 6.45) is 4.27. The third kappa shape index (κ3) is 4.00. The van der Waals surface area contributed by atoms with Gasteiger partial charge in [-0.3, -0.25) is 10.1 Å². The number of hydrogen-bond donors (Lipinski definition) is 0. The van der Waals surface area contributed by atoms with E-state index in [2.05, 4.69) is 0 Å². The first-order valence-electron chi connectivity index (χ1n) is 5.49. The van der Waals surface area contributed by atoms with Gasteiger partial charge in [0.1, 0.15) is 0 Å². The Bertz CT molecular complexity index is 261. The number of nitrogens with zero attached hydrogens (tertiary/aromatic N) is 1. The third-order valence-corrected chi connectivity index (χ3v) is 2.49. The molecule has 4 nitrogen and oxygen atoms in total. The van der Waals surface area contributed by atoms with Gasteiger partial charge < -0.3 is 4.74 Å². The Hall–Kier alpha value is -0.900. The predicted octanol–water partition coefficient (Wildman–Crippen LogP) is 2.76. The van der Waals surface area contributed by atoms with Gasteiger partial charge in [-0.15, -0.1) is 0 Å². The predicted molar refractivity (Wildman–Crippen MR) is 58.1 cm³/mol. The molecule has 0 aromatic rings. The molecule has 0 radical (unpaired) electrons. The Kier molecular flexibility index (Phi) is 4.27. The lowest BCUT2D eigenvalue weighted by atomic mass is 10.1. The van der Waals surface area contributed by atoms with E-state index in [9.17, 15) is 10.1 Å². The van der Waals surface area contributed by atoms with Gasteiger partial charge in [-0.05, 0) is 25.7 Å². The molecule has 0 saturated carbocycles. The van der Waals surface area contributed by atoms with Crippen LogP contribution in [0.15, 0.2) is 11.8 Å². The first-order valence-corrected chi connectivity index (χ1v) is 5.49. The number of hydrogen-bond acceptors (Lipinski definition) is 3. The molecule has 1 aliphatic heterocycles. The normalized spacial score (nSPS) is 27.3. The van der Waals surface area contributed by atoms with Crippen molar-refractivity contribution in [3.63, 3.8) is 0 Å². The first kappa shape index (κ1) is 12.2. The SMILES string of the molecule is CC(C)CC(=CC1CCC(C)O1)[N+](=O)[O-]. The van der Waals surface area contributed by atoms with Gasteiger partial charge in [-0.25, -0.2) is 0 Å². The number of allylic oxidation sites excluding steroid dienone is 1. The molecule has 1 rings (SSSR count). The van der Waals surface area contributed by atoms with Crippen LogP contribution in [0.5, 0.6) is 0 Å². The van der Waals surface area contributed by atoms with Gasteiger partial charge in [0.2, 0.25) is 5.70 Å². The summed E-state index contributed by atoms with van der Waals surface area (Å²) in [7, 11) is 0. The fourth-order valence-electron chi connectivity index (χ4n) is 1.79. The van der Waals surface area contributed by atoms with Crippen LogP contribution < -0.4 is 0 Å². The van der Waals surface area contributed by atoms with Gasteiger partial charge in [-0.2, -0.15) is 0 Å². The minimum atomic E-state index is -0.285. The zero-order valence-corrected chi connectivity index (χ0v) is 9.60. The van der Waals surface area contributed by atoms with Crippen LogP contribution in [-0.2, 0) is 4.74 Å². The van der Waals surface area contributed by atoms with Crippen molar-refractivity contribution in [3.05, 3.63) is 21.9 Å². The molecule has 2 atom stereocenters. The van der Waals surface area contributed by atoms with Crippen molar-refractivity contribution in [2.45, 2.75) is 52.2 Å². The number of nitro groups is 1. The van der Waals surface area contributed by atoms with Gasteiger partial charge in [0.05, 0.1) is 17.1 Å². The molecule has 0 amide bonds. The number of ether oxygens (including phenoxy) is 1. The summed E-state index contributed by atoms with van der Waals surface area (Å²) >= 11 is 0. The fraction of sp³-hybridized carbons (Fsp3) is 0.818. The van der Waals surface area contributed by atoms with Crippen LogP contribution in [-0.4, -0.2) is 17.1 Å². The van der Waals surface area contributed by atoms with Crippen molar-refractivity contribution < 1.29 is 9.66 Å². The van der Waals surface area contributed by atoms with Crippen molar-refractivity contribution in [3.8, 4) is 0 Å². The summed E-state index contributed by atoms with van der Waals surface area (Å²) < 4.78 is 5.54. The molecule has 1 saturated heterocycles. The van der Waals surface area contributed by atoms with Gasteiger partial charge in [0.25, 0.3) is 0 Å². The summed E-state index contributed by atoms with van der Waals surface area (Å²) in [6.45, 7) is 5.97. The van der Waals surface area contributed by atoms with Crippen molar-refractivity contribution in [1.29, 1.82) is 0 Å². The van der Waals surface area contributed by atoms with Crippen LogP contribution in [0.1, 0.15) is 40.0 Å². The highest BCUT2D eigenvalue weighted by atomic mass is 16.6. The molecule has 0 aliphatic carbocycles. The molecule has 0 aromatic carbocycles. The molecule has 2 unspecified atom stereocenters. The van der Waals surface area contributed by atoms with E-state index in [1.165, 1.54) is 0 Å². The molecule has 15 heavy (non-hydrogen) atoms. The van der Waals surface area contributed by atoms with Crippen LogP contribution in [0.25, 0.3) is 0 Å². The zero-order chi connectivity index (χ0) is 11.4. The quantitative estimate of drug-likeness (QED) is 0.533. The second kappa shape index (κ2) is 5.26. The molecule has 86 valence electrons. The largest absolute Gasteiger partial charge is 0.371 e. The molecule has 0 aromatic heterocycles. The third-order valence-electron chi connectivity index (χ3n) is 2.49. The monoisotopic (exact) mass is 213 g/mol. The van der Waals surface area contributed by atoms with Crippen LogP contribution in [0.4, 0.5) is 0 Å². The molecular weight excluding hydrogens is 194 g/mol. The summed E-state index contributed by atoms with van der Waals surface area (Å²) in [5.74, 6) is 0.306. The zero-order valence-electron chi connectivity index (χ0n) is 9.60. The van der Waals surface area contributed by atoms with E-state index in [1.54, 1.807) is 6.08 Å². The van der Waals surface area contributed by atoms with Crippen molar-refractivity contribution in [2.75, 3.05) is 0 Å². The van der Waals surface area contributed by atoms with Crippen LogP contribution in [0.3, 0.4) is 0 Å². The minimum Gasteiger partial charge on any atom is -0.371 e. The maximum atomic E-state index is 10.8. The summed E-state index contributed by atoms with van der Waals surface area (Å²) in [5.41, 5.74) is 0.295. The Morgan fingerprint density at radius 1 is 1.60 bits per heavy atom. The molecule has 4 heteroatoms. The highest BCUT2D eigenvalue weighted by Crippen LogP contribution is 2.22. The van der Waals surface area contributed by atoms with E-state index in [4.69, 9.17) is 4.74 Å².